The smallest absolute Gasteiger partial charge is 0.309 e. The highest BCUT2D eigenvalue weighted by molar-refractivity contribution is 7.11. The summed E-state index contributed by atoms with van der Waals surface area (Å²) in [7, 11) is 3.47. The van der Waals surface area contributed by atoms with Gasteiger partial charge in [0.25, 0.3) is 0 Å². The standard InChI is InChI=1S/C13H21NO2S/c1-5-11-6-7-12(17-11)9-14(3)8-10(2)13(15)16-4/h6-7,10H,5,8-9H2,1-4H3. The molecule has 17 heavy (non-hydrogen) atoms. The van der Waals surface area contributed by atoms with Crippen LogP contribution in [-0.4, -0.2) is 31.6 Å². The van der Waals surface area contributed by atoms with Crippen molar-refractivity contribution in [2.75, 3.05) is 20.7 Å². The lowest BCUT2D eigenvalue weighted by Gasteiger charge is -2.19. The fourth-order valence-electron chi connectivity index (χ4n) is 1.77. The number of thiophene rings is 1. The molecule has 0 radical (unpaired) electrons. The van der Waals surface area contributed by atoms with Gasteiger partial charge in [-0.1, -0.05) is 13.8 Å². The van der Waals surface area contributed by atoms with Crippen molar-refractivity contribution >= 4 is 17.3 Å². The predicted octanol–water partition coefficient (Wildman–Crippen LogP) is 2.55. The topological polar surface area (TPSA) is 29.5 Å². The summed E-state index contributed by atoms with van der Waals surface area (Å²) in [5.74, 6) is -0.215. The molecule has 3 nitrogen and oxygen atoms in total. The van der Waals surface area contributed by atoms with Crippen LogP contribution in [0, 0.1) is 5.92 Å². The molecule has 1 atom stereocenters. The highest BCUT2D eigenvalue weighted by Gasteiger charge is 2.15. The molecule has 0 fully saturated rings. The van der Waals surface area contributed by atoms with Gasteiger partial charge >= 0.3 is 5.97 Å². The summed E-state index contributed by atoms with van der Waals surface area (Å²) in [4.78, 5) is 16.2. The van der Waals surface area contributed by atoms with E-state index in [1.54, 1.807) is 0 Å². The molecule has 1 aromatic rings. The van der Waals surface area contributed by atoms with E-state index in [-0.39, 0.29) is 11.9 Å². The van der Waals surface area contributed by atoms with Crippen molar-refractivity contribution in [1.29, 1.82) is 0 Å². The van der Waals surface area contributed by atoms with E-state index in [9.17, 15) is 4.79 Å². The number of rotatable bonds is 6. The van der Waals surface area contributed by atoms with Crippen LogP contribution >= 0.6 is 11.3 Å². The quantitative estimate of drug-likeness (QED) is 0.732. The minimum Gasteiger partial charge on any atom is -0.469 e. The van der Waals surface area contributed by atoms with Crippen molar-refractivity contribution in [3.8, 4) is 0 Å². The van der Waals surface area contributed by atoms with Crippen molar-refractivity contribution in [3.05, 3.63) is 21.9 Å². The highest BCUT2D eigenvalue weighted by atomic mass is 32.1. The summed E-state index contributed by atoms with van der Waals surface area (Å²) >= 11 is 1.84. The number of nitrogens with zero attached hydrogens (tertiary/aromatic N) is 1. The molecule has 0 saturated heterocycles. The Morgan fingerprint density at radius 2 is 2.12 bits per heavy atom. The minimum absolute atomic E-state index is 0.0735. The molecule has 4 heteroatoms. The van der Waals surface area contributed by atoms with Gasteiger partial charge in [-0.2, -0.15) is 0 Å². The van der Waals surface area contributed by atoms with Gasteiger partial charge in [-0.3, -0.25) is 4.79 Å². The van der Waals surface area contributed by atoms with E-state index in [0.717, 1.165) is 19.5 Å². The third-order valence-corrected chi connectivity index (χ3v) is 3.89. The van der Waals surface area contributed by atoms with Crippen LogP contribution in [0.25, 0.3) is 0 Å². The number of aryl methyl sites for hydroxylation is 1. The zero-order valence-corrected chi connectivity index (χ0v) is 11.8. The molecule has 0 spiro atoms. The Kier molecular flexibility index (Phi) is 5.65. The van der Waals surface area contributed by atoms with Gasteiger partial charge in [0.15, 0.2) is 0 Å². The van der Waals surface area contributed by atoms with Gasteiger partial charge in [-0.15, -0.1) is 11.3 Å². The minimum atomic E-state index is -0.141. The van der Waals surface area contributed by atoms with E-state index in [4.69, 9.17) is 4.74 Å². The molecule has 0 saturated carbocycles. The zero-order chi connectivity index (χ0) is 12.8. The van der Waals surface area contributed by atoms with Gasteiger partial charge in [0.1, 0.15) is 0 Å². The first-order valence-electron chi connectivity index (χ1n) is 5.90. The van der Waals surface area contributed by atoms with Gasteiger partial charge in [-0.25, -0.2) is 0 Å². The lowest BCUT2D eigenvalue weighted by Crippen LogP contribution is -2.28. The first-order chi connectivity index (χ1) is 8.06. The SMILES string of the molecule is CCc1ccc(CN(C)CC(C)C(=O)OC)s1. The second kappa shape index (κ2) is 6.77. The summed E-state index contributed by atoms with van der Waals surface area (Å²) in [5.41, 5.74) is 0. The molecule has 1 rings (SSSR count). The number of hydrogen-bond donors (Lipinski definition) is 0. The third-order valence-electron chi connectivity index (χ3n) is 2.68. The Morgan fingerprint density at radius 3 is 2.65 bits per heavy atom. The number of ether oxygens (including phenoxy) is 1. The maximum Gasteiger partial charge on any atom is 0.309 e. The molecule has 0 N–H and O–H groups in total. The van der Waals surface area contributed by atoms with Gasteiger partial charge in [0.05, 0.1) is 13.0 Å². The highest BCUT2D eigenvalue weighted by Crippen LogP contribution is 2.18. The molecule has 1 heterocycles. The molecular weight excluding hydrogens is 234 g/mol. The van der Waals surface area contributed by atoms with Gasteiger partial charge in [0.2, 0.25) is 0 Å². The largest absolute Gasteiger partial charge is 0.469 e. The molecule has 0 aromatic carbocycles. The molecule has 0 bridgehead atoms. The molecule has 1 aromatic heterocycles. The number of esters is 1. The Labute approximate surface area is 107 Å². The number of carbonyl (C=O) groups is 1. The maximum absolute atomic E-state index is 11.3. The average molecular weight is 255 g/mol. The van der Waals surface area contributed by atoms with Gasteiger partial charge in [0, 0.05) is 22.8 Å². The van der Waals surface area contributed by atoms with Crippen molar-refractivity contribution in [3.63, 3.8) is 0 Å². The summed E-state index contributed by atoms with van der Waals surface area (Å²) in [6, 6.07) is 4.35. The molecule has 0 aliphatic carbocycles. The van der Waals surface area contributed by atoms with E-state index >= 15 is 0 Å². The van der Waals surface area contributed by atoms with E-state index in [1.165, 1.54) is 16.9 Å². The molecule has 0 aliphatic rings. The van der Waals surface area contributed by atoms with Crippen LogP contribution in [0.4, 0.5) is 0 Å². The average Bonchev–Trinajstić information content (AvgIpc) is 2.75. The maximum atomic E-state index is 11.3. The third kappa shape index (κ3) is 4.48. The predicted molar refractivity (Wildman–Crippen MR) is 71.2 cm³/mol. The second-order valence-corrected chi connectivity index (χ2v) is 5.60. The van der Waals surface area contributed by atoms with E-state index in [0.29, 0.717) is 0 Å². The monoisotopic (exact) mass is 255 g/mol. The lowest BCUT2D eigenvalue weighted by molar-refractivity contribution is -0.145. The molecule has 1 unspecified atom stereocenters. The summed E-state index contributed by atoms with van der Waals surface area (Å²) in [6.07, 6.45) is 1.09. The Morgan fingerprint density at radius 1 is 1.47 bits per heavy atom. The Hall–Kier alpha value is -0.870. The van der Waals surface area contributed by atoms with Gasteiger partial charge in [-0.05, 0) is 25.6 Å². The van der Waals surface area contributed by atoms with Crippen molar-refractivity contribution in [2.24, 2.45) is 5.92 Å². The molecule has 96 valence electrons. The zero-order valence-electron chi connectivity index (χ0n) is 11.0. The van der Waals surface area contributed by atoms with Crippen LogP contribution in [0.5, 0.6) is 0 Å². The van der Waals surface area contributed by atoms with Gasteiger partial charge < -0.3 is 9.64 Å². The molecule has 0 aliphatic heterocycles. The molecular formula is C13H21NO2S. The molecule has 0 amide bonds. The van der Waals surface area contributed by atoms with Crippen LogP contribution in [-0.2, 0) is 22.5 Å². The summed E-state index contributed by atoms with van der Waals surface area (Å²) in [6.45, 7) is 5.69. The normalized spacial score (nSPS) is 12.8. The first-order valence-corrected chi connectivity index (χ1v) is 6.72. The van der Waals surface area contributed by atoms with Crippen LogP contribution < -0.4 is 0 Å². The second-order valence-electron chi connectivity index (χ2n) is 4.34. The van der Waals surface area contributed by atoms with E-state index < -0.39 is 0 Å². The van der Waals surface area contributed by atoms with Crippen LogP contribution in [0.15, 0.2) is 12.1 Å². The van der Waals surface area contributed by atoms with E-state index in [2.05, 4.69) is 24.0 Å². The Bertz CT molecular complexity index is 362. The van der Waals surface area contributed by atoms with Crippen LogP contribution in [0.1, 0.15) is 23.6 Å². The van der Waals surface area contributed by atoms with Crippen molar-refractivity contribution in [1.82, 2.24) is 4.90 Å². The lowest BCUT2D eigenvalue weighted by atomic mass is 10.2. The van der Waals surface area contributed by atoms with Crippen LogP contribution in [0.3, 0.4) is 0 Å². The number of carbonyl (C=O) groups excluding carboxylic acids is 1. The Balaban J connectivity index is 2.43. The van der Waals surface area contributed by atoms with Crippen LogP contribution in [0.2, 0.25) is 0 Å². The number of hydrogen-bond acceptors (Lipinski definition) is 4. The summed E-state index contributed by atoms with van der Waals surface area (Å²) in [5, 5.41) is 0. The van der Waals surface area contributed by atoms with E-state index in [1.807, 2.05) is 25.3 Å². The fraction of sp³-hybridized carbons (Fsp3) is 0.615. The first kappa shape index (κ1) is 14.2. The number of methoxy groups -OCH3 is 1. The fourth-order valence-corrected chi connectivity index (χ4v) is 2.81. The van der Waals surface area contributed by atoms with Crippen molar-refractivity contribution in [2.45, 2.75) is 26.8 Å². The van der Waals surface area contributed by atoms with Crippen molar-refractivity contribution < 1.29 is 9.53 Å². The summed E-state index contributed by atoms with van der Waals surface area (Å²) < 4.78 is 4.72.